The highest BCUT2D eigenvalue weighted by Gasteiger charge is 2.26. The third kappa shape index (κ3) is 3.83. The number of H-pyrrole nitrogens is 1. The maximum atomic E-state index is 12.2. The molecule has 3 rings (SSSR count). The van der Waals surface area contributed by atoms with Gasteiger partial charge in [0.2, 0.25) is 0 Å². The molecule has 0 aliphatic carbocycles. The van der Waals surface area contributed by atoms with E-state index < -0.39 is 0 Å². The average molecular weight is 330 g/mol. The number of β-amino-alcohol motifs (C(OH)–C–C–N with tert-alkyl or cyclic N) is 1. The Balaban J connectivity index is 1.72. The van der Waals surface area contributed by atoms with Gasteiger partial charge >= 0.3 is 0 Å². The number of aliphatic hydroxyl groups is 1. The number of piperazine rings is 1. The Morgan fingerprint density at radius 1 is 1.38 bits per heavy atom. The lowest BCUT2D eigenvalue weighted by Crippen LogP contribution is -2.54. The predicted octanol–water partition coefficient (Wildman–Crippen LogP) is 1.20. The van der Waals surface area contributed by atoms with E-state index >= 15 is 0 Å². The third-order valence-corrected chi connectivity index (χ3v) is 4.69. The summed E-state index contributed by atoms with van der Waals surface area (Å²) < 4.78 is 0. The van der Waals surface area contributed by atoms with Gasteiger partial charge in [0.05, 0.1) is 23.6 Å². The maximum absolute atomic E-state index is 12.2. The fourth-order valence-corrected chi connectivity index (χ4v) is 3.49. The van der Waals surface area contributed by atoms with Gasteiger partial charge in [0.15, 0.2) is 0 Å². The lowest BCUT2D eigenvalue weighted by molar-refractivity contribution is 0.0329. The van der Waals surface area contributed by atoms with Crippen molar-refractivity contribution in [2.45, 2.75) is 39.0 Å². The summed E-state index contributed by atoms with van der Waals surface area (Å²) >= 11 is 0. The van der Waals surface area contributed by atoms with Gasteiger partial charge in [-0.15, -0.1) is 0 Å². The van der Waals surface area contributed by atoms with E-state index in [-0.39, 0.29) is 11.7 Å². The van der Waals surface area contributed by atoms with Gasteiger partial charge in [-0.3, -0.25) is 14.6 Å². The van der Waals surface area contributed by atoms with Crippen LogP contribution in [-0.2, 0) is 6.54 Å². The zero-order valence-electron chi connectivity index (χ0n) is 14.4. The first-order valence-electron chi connectivity index (χ1n) is 8.69. The molecule has 6 heteroatoms. The molecule has 2 N–H and O–H groups in total. The first-order chi connectivity index (χ1) is 11.6. The van der Waals surface area contributed by atoms with Crippen molar-refractivity contribution < 1.29 is 5.11 Å². The fraction of sp³-hybridized carbons (Fsp3) is 0.556. The summed E-state index contributed by atoms with van der Waals surface area (Å²) in [6.07, 6.45) is 0.745. The van der Waals surface area contributed by atoms with Crippen molar-refractivity contribution in [2.75, 3.05) is 26.2 Å². The van der Waals surface area contributed by atoms with E-state index in [1.807, 2.05) is 25.1 Å². The molecule has 2 atom stereocenters. The average Bonchev–Trinajstić information content (AvgIpc) is 2.56. The molecule has 0 unspecified atom stereocenters. The van der Waals surface area contributed by atoms with Crippen LogP contribution < -0.4 is 5.56 Å². The van der Waals surface area contributed by atoms with Gasteiger partial charge in [-0.1, -0.05) is 19.1 Å². The Morgan fingerprint density at radius 2 is 2.17 bits per heavy atom. The molecular formula is C18H26N4O2. The molecule has 6 nitrogen and oxygen atoms in total. The minimum atomic E-state index is -0.302. The number of nitrogens with zero attached hydrogens (tertiary/aromatic N) is 3. The van der Waals surface area contributed by atoms with Crippen LogP contribution in [0.3, 0.4) is 0 Å². The normalized spacial score (nSPS) is 21.2. The topological polar surface area (TPSA) is 72.5 Å². The third-order valence-electron chi connectivity index (χ3n) is 4.69. The van der Waals surface area contributed by atoms with Crippen LogP contribution in [0.1, 0.15) is 26.1 Å². The van der Waals surface area contributed by atoms with Crippen molar-refractivity contribution >= 4 is 10.9 Å². The highest BCUT2D eigenvalue weighted by Crippen LogP contribution is 2.15. The molecule has 130 valence electrons. The Morgan fingerprint density at radius 3 is 2.92 bits per heavy atom. The lowest BCUT2D eigenvalue weighted by Gasteiger charge is -2.41. The summed E-state index contributed by atoms with van der Waals surface area (Å²) in [6.45, 7) is 8.17. The van der Waals surface area contributed by atoms with Crippen molar-refractivity contribution in [1.82, 2.24) is 19.8 Å². The van der Waals surface area contributed by atoms with Crippen LogP contribution in [0.2, 0.25) is 0 Å². The molecule has 1 aromatic heterocycles. The van der Waals surface area contributed by atoms with Crippen molar-refractivity contribution in [3.05, 3.63) is 40.4 Å². The minimum Gasteiger partial charge on any atom is -0.392 e. The van der Waals surface area contributed by atoms with E-state index in [4.69, 9.17) is 0 Å². The molecule has 1 aromatic carbocycles. The summed E-state index contributed by atoms with van der Waals surface area (Å²) in [4.78, 5) is 24.4. The number of hydrogen-bond donors (Lipinski definition) is 2. The van der Waals surface area contributed by atoms with E-state index in [1.165, 1.54) is 0 Å². The van der Waals surface area contributed by atoms with E-state index in [9.17, 15) is 9.90 Å². The quantitative estimate of drug-likeness (QED) is 0.862. The van der Waals surface area contributed by atoms with Crippen LogP contribution in [0.5, 0.6) is 0 Å². The van der Waals surface area contributed by atoms with Gasteiger partial charge in [-0.25, -0.2) is 4.98 Å². The van der Waals surface area contributed by atoms with Crippen LogP contribution in [0.15, 0.2) is 29.1 Å². The fourth-order valence-electron chi connectivity index (χ4n) is 3.49. The first kappa shape index (κ1) is 17.1. The summed E-state index contributed by atoms with van der Waals surface area (Å²) in [7, 11) is 0. The molecule has 1 aliphatic heterocycles. The van der Waals surface area contributed by atoms with Crippen molar-refractivity contribution in [3.8, 4) is 0 Å². The zero-order valence-corrected chi connectivity index (χ0v) is 14.4. The Hall–Kier alpha value is -1.76. The zero-order chi connectivity index (χ0) is 17.1. The van der Waals surface area contributed by atoms with Gasteiger partial charge in [0, 0.05) is 32.2 Å². The molecule has 0 saturated carbocycles. The summed E-state index contributed by atoms with van der Waals surface area (Å²) in [5, 5.41) is 10.3. The van der Waals surface area contributed by atoms with E-state index in [2.05, 4.69) is 26.7 Å². The monoisotopic (exact) mass is 330 g/mol. The summed E-state index contributed by atoms with van der Waals surface area (Å²) in [6, 6.07) is 7.86. The Labute approximate surface area is 142 Å². The standard InChI is InChI=1S/C18H26N4O2/c1-3-14-11-21(8-9-22(14)10-13(2)23)12-17-19-16-7-5-4-6-15(16)18(24)20-17/h4-7,13-14,23H,3,8-12H2,1-2H3,(H,19,20,24)/t13-,14+/m1/s1. The lowest BCUT2D eigenvalue weighted by atomic mass is 10.1. The van der Waals surface area contributed by atoms with E-state index in [0.717, 1.165) is 43.9 Å². The highest BCUT2D eigenvalue weighted by molar-refractivity contribution is 5.77. The molecule has 2 aromatic rings. The Kier molecular flexibility index (Phi) is 5.28. The smallest absolute Gasteiger partial charge is 0.258 e. The first-order valence-corrected chi connectivity index (χ1v) is 8.69. The van der Waals surface area contributed by atoms with Gasteiger partial charge in [-0.05, 0) is 25.5 Å². The second-order valence-electron chi connectivity index (χ2n) is 6.67. The molecule has 1 aliphatic rings. The van der Waals surface area contributed by atoms with Crippen molar-refractivity contribution in [3.63, 3.8) is 0 Å². The molecule has 0 spiro atoms. The van der Waals surface area contributed by atoms with Crippen molar-refractivity contribution in [2.24, 2.45) is 0 Å². The largest absolute Gasteiger partial charge is 0.392 e. The second-order valence-corrected chi connectivity index (χ2v) is 6.67. The number of aromatic amines is 1. The Bertz CT molecular complexity index is 743. The maximum Gasteiger partial charge on any atom is 0.258 e. The highest BCUT2D eigenvalue weighted by atomic mass is 16.3. The number of aliphatic hydroxyl groups excluding tert-OH is 1. The minimum absolute atomic E-state index is 0.0737. The molecule has 2 heterocycles. The van der Waals surface area contributed by atoms with Gasteiger partial charge < -0.3 is 10.1 Å². The second kappa shape index (κ2) is 7.42. The number of benzene rings is 1. The molecule has 0 amide bonds. The number of rotatable bonds is 5. The molecule has 0 bridgehead atoms. The predicted molar refractivity (Wildman–Crippen MR) is 95.0 cm³/mol. The van der Waals surface area contributed by atoms with Crippen LogP contribution in [-0.4, -0.2) is 63.2 Å². The summed E-state index contributed by atoms with van der Waals surface area (Å²) in [5.41, 5.74) is 0.673. The number of fused-ring (bicyclic) bond motifs is 1. The van der Waals surface area contributed by atoms with E-state index in [0.29, 0.717) is 18.0 Å². The number of para-hydroxylation sites is 1. The molecule has 1 saturated heterocycles. The SMILES string of the molecule is CC[C@H]1CN(Cc2nc3ccccc3c(=O)[nH]2)CCN1C[C@@H](C)O. The van der Waals surface area contributed by atoms with E-state index in [1.54, 1.807) is 6.07 Å². The van der Waals surface area contributed by atoms with Crippen LogP contribution in [0.25, 0.3) is 10.9 Å². The summed E-state index contributed by atoms with van der Waals surface area (Å²) in [5.74, 6) is 0.720. The molecule has 1 fully saturated rings. The number of aromatic nitrogens is 2. The van der Waals surface area contributed by atoms with Gasteiger partial charge in [0.1, 0.15) is 5.82 Å². The van der Waals surface area contributed by atoms with Crippen molar-refractivity contribution in [1.29, 1.82) is 0 Å². The van der Waals surface area contributed by atoms with Gasteiger partial charge in [-0.2, -0.15) is 0 Å². The molecular weight excluding hydrogens is 304 g/mol. The number of nitrogens with one attached hydrogen (secondary N) is 1. The van der Waals surface area contributed by atoms with Gasteiger partial charge in [0.25, 0.3) is 5.56 Å². The van der Waals surface area contributed by atoms with Crippen LogP contribution >= 0.6 is 0 Å². The molecule has 0 radical (unpaired) electrons. The van der Waals surface area contributed by atoms with Crippen LogP contribution in [0, 0.1) is 0 Å². The number of hydrogen-bond acceptors (Lipinski definition) is 5. The molecule has 24 heavy (non-hydrogen) atoms. The van der Waals surface area contributed by atoms with Crippen LogP contribution in [0.4, 0.5) is 0 Å².